The molecule has 0 saturated carbocycles. The van der Waals surface area contributed by atoms with E-state index in [2.05, 4.69) is 4.98 Å². The first kappa shape index (κ1) is 11.5. The van der Waals surface area contributed by atoms with Crippen LogP contribution in [0.3, 0.4) is 0 Å². The fourth-order valence-electron chi connectivity index (χ4n) is 1.41. The molecule has 15 heavy (non-hydrogen) atoms. The largest absolute Gasteiger partial charge is 0.481 e. The molecule has 4 heteroatoms. The van der Waals surface area contributed by atoms with Gasteiger partial charge in [-0.05, 0) is 18.1 Å². The quantitative estimate of drug-likeness (QED) is 0.812. The molecule has 0 aromatic carbocycles. The number of carboxylic acids is 1. The minimum Gasteiger partial charge on any atom is -0.481 e. The van der Waals surface area contributed by atoms with Crippen LogP contribution in [0.4, 0.5) is 5.82 Å². The summed E-state index contributed by atoms with van der Waals surface area (Å²) in [6.45, 7) is 1.70. The molecule has 0 saturated heterocycles. The van der Waals surface area contributed by atoms with Gasteiger partial charge in [-0.3, -0.25) is 4.79 Å². The number of aliphatic carboxylic acids is 1. The van der Waals surface area contributed by atoms with E-state index in [1.807, 2.05) is 31.1 Å². The predicted molar refractivity (Wildman–Crippen MR) is 59.1 cm³/mol. The molecule has 0 fully saturated rings. The lowest BCUT2D eigenvalue weighted by atomic mass is 10.0. The van der Waals surface area contributed by atoms with E-state index in [1.54, 1.807) is 13.1 Å². The van der Waals surface area contributed by atoms with Gasteiger partial charge in [0.2, 0.25) is 0 Å². The van der Waals surface area contributed by atoms with Crippen LogP contribution in [0.1, 0.15) is 12.5 Å². The molecule has 0 radical (unpaired) electrons. The molecule has 0 aliphatic carbocycles. The Kier molecular flexibility index (Phi) is 3.66. The summed E-state index contributed by atoms with van der Waals surface area (Å²) in [5.41, 5.74) is 0.970. The summed E-state index contributed by atoms with van der Waals surface area (Å²) in [6, 6.07) is 3.75. The van der Waals surface area contributed by atoms with Gasteiger partial charge in [-0.1, -0.05) is 13.0 Å². The van der Waals surface area contributed by atoms with E-state index in [1.165, 1.54) is 0 Å². The Morgan fingerprint density at radius 3 is 2.80 bits per heavy atom. The Morgan fingerprint density at radius 1 is 1.60 bits per heavy atom. The molecular weight excluding hydrogens is 192 g/mol. The van der Waals surface area contributed by atoms with Gasteiger partial charge in [-0.2, -0.15) is 0 Å². The molecule has 0 amide bonds. The van der Waals surface area contributed by atoms with Gasteiger partial charge in [-0.25, -0.2) is 4.98 Å². The molecule has 0 bridgehead atoms. The highest BCUT2D eigenvalue weighted by Crippen LogP contribution is 2.18. The number of anilines is 1. The van der Waals surface area contributed by atoms with E-state index in [-0.39, 0.29) is 5.92 Å². The maximum atomic E-state index is 10.8. The highest BCUT2D eigenvalue weighted by Gasteiger charge is 2.14. The maximum absolute atomic E-state index is 10.8. The van der Waals surface area contributed by atoms with Gasteiger partial charge >= 0.3 is 5.97 Å². The SMILES string of the molecule is CC(Cc1cccnc1N(C)C)C(=O)O. The lowest BCUT2D eigenvalue weighted by molar-refractivity contribution is -0.141. The van der Waals surface area contributed by atoms with Crippen LogP contribution in [0.15, 0.2) is 18.3 Å². The van der Waals surface area contributed by atoms with E-state index < -0.39 is 5.97 Å². The molecule has 0 spiro atoms. The van der Waals surface area contributed by atoms with Crippen molar-refractivity contribution in [3.05, 3.63) is 23.9 Å². The molecule has 82 valence electrons. The second kappa shape index (κ2) is 4.77. The summed E-state index contributed by atoms with van der Waals surface area (Å²) < 4.78 is 0. The molecule has 1 aromatic heterocycles. The van der Waals surface area contributed by atoms with Crippen LogP contribution in [0, 0.1) is 5.92 Å². The first-order valence-electron chi connectivity index (χ1n) is 4.86. The van der Waals surface area contributed by atoms with Crippen LogP contribution >= 0.6 is 0 Å². The molecule has 1 rings (SSSR count). The van der Waals surface area contributed by atoms with Gasteiger partial charge in [0.15, 0.2) is 0 Å². The van der Waals surface area contributed by atoms with Crippen LogP contribution in [0.5, 0.6) is 0 Å². The normalized spacial score (nSPS) is 12.2. The summed E-state index contributed by atoms with van der Waals surface area (Å²) in [7, 11) is 3.80. The van der Waals surface area contributed by atoms with Crippen molar-refractivity contribution in [3.63, 3.8) is 0 Å². The van der Waals surface area contributed by atoms with E-state index in [4.69, 9.17) is 5.11 Å². The summed E-state index contributed by atoms with van der Waals surface area (Å²) >= 11 is 0. The molecule has 0 aliphatic heterocycles. The first-order chi connectivity index (χ1) is 7.02. The Labute approximate surface area is 89.6 Å². The average Bonchev–Trinajstić information content (AvgIpc) is 2.18. The van der Waals surface area contributed by atoms with E-state index in [9.17, 15) is 4.79 Å². The molecule has 4 nitrogen and oxygen atoms in total. The summed E-state index contributed by atoms with van der Waals surface area (Å²) in [4.78, 5) is 16.9. The third-order valence-corrected chi connectivity index (χ3v) is 2.24. The molecule has 1 atom stereocenters. The maximum Gasteiger partial charge on any atom is 0.306 e. The zero-order valence-electron chi connectivity index (χ0n) is 9.27. The third kappa shape index (κ3) is 2.94. The highest BCUT2D eigenvalue weighted by molar-refractivity contribution is 5.70. The van der Waals surface area contributed by atoms with Crippen molar-refractivity contribution in [1.29, 1.82) is 0 Å². The number of nitrogens with zero attached hydrogens (tertiary/aromatic N) is 2. The molecule has 0 aliphatic rings. The Morgan fingerprint density at radius 2 is 2.27 bits per heavy atom. The molecule has 1 aromatic rings. The summed E-state index contributed by atoms with van der Waals surface area (Å²) in [5.74, 6) is -0.318. The number of aromatic nitrogens is 1. The lowest BCUT2D eigenvalue weighted by Crippen LogP contribution is -2.17. The monoisotopic (exact) mass is 208 g/mol. The smallest absolute Gasteiger partial charge is 0.306 e. The Balaban J connectivity index is 2.89. The second-order valence-corrected chi connectivity index (χ2v) is 3.82. The number of carboxylic acid groups (broad SMARTS) is 1. The third-order valence-electron chi connectivity index (χ3n) is 2.24. The van der Waals surface area contributed by atoms with Gasteiger partial charge in [0.1, 0.15) is 5.82 Å². The number of pyridine rings is 1. The van der Waals surface area contributed by atoms with Gasteiger partial charge in [-0.15, -0.1) is 0 Å². The number of hydrogen-bond donors (Lipinski definition) is 1. The Bertz CT molecular complexity index is 350. The zero-order valence-corrected chi connectivity index (χ0v) is 9.27. The minimum absolute atomic E-state index is 0.382. The topological polar surface area (TPSA) is 53.4 Å². The Hall–Kier alpha value is -1.58. The summed E-state index contributed by atoms with van der Waals surface area (Å²) in [6.07, 6.45) is 2.22. The van der Waals surface area contributed by atoms with E-state index in [0.717, 1.165) is 11.4 Å². The fraction of sp³-hybridized carbons (Fsp3) is 0.455. The van der Waals surface area contributed by atoms with Gasteiger partial charge in [0.25, 0.3) is 0 Å². The van der Waals surface area contributed by atoms with Crippen LogP contribution in [0.2, 0.25) is 0 Å². The second-order valence-electron chi connectivity index (χ2n) is 3.82. The predicted octanol–water partition coefficient (Wildman–Crippen LogP) is 1.41. The van der Waals surface area contributed by atoms with Crippen molar-refractivity contribution in [2.45, 2.75) is 13.3 Å². The van der Waals surface area contributed by atoms with Crippen molar-refractivity contribution >= 4 is 11.8 Å². The van der Waals surface area contributed by atoms with Crippen molar-refractivity contribution < 1.29 is 9.90 Å². The number of hydrogen-bond acceptors (Lipinski definition) is 3. The van der Waals surface area contributed by atoms with E-state index in [0.29, 0.717) is 6.42 Å². The standard InChI is InChI=1S/C11H16N2O2/c1-8(11(14)15)7-9-5-4-6-12-10(9)13(2)3/h4-6,8H,7H2,1-3H3,(H,14,15). The molecule has 1 unspecified atom stereocenters. The van der Waals surface area contributed by atoms with Crippen LogP contribution in [0.25, 0.3) is 0 Å². The number of carbonyl (C=O) groups is 1. The lowest BCUT2D eigenvalue weighted by Gasteiger charge is -2.16. The minimum atomic E-state index is -0.774. The van der Waals surface area contributed by atoms with Crippen molar-refractivity contribution in [2.75, 3.05) is 19.0 Å². The van der Waals surface area contributed by atoms with Crippen LogP contribution < -0.4 is 4.90 Å². The molecule has 1 N–H and O–H groups in total. The number of rotatable bonds is 4. The summed E-state index contributed by atoms with van der Waals surface area (Å²) in [5, 5.41) is 8.84. The van der Waals surface area contributed by atoms with Gasteiger partial charge in [0.05, 0.1) is 5.92 Å². The van der Waals surface area contributed by atoms with Crippen LogP contribution in [-0.2, 0) is 11.2 Å². The fourth-order valence-corrected chi connectivity index (χ4v) is 1.41. The van der Waals surface area contributed by atoms with Crippen molar-refractivity contribution in [1.82, 2.24) is 4.98 Å². The average molecular weight is 208 g/mol. The van der Waals surface area contributed by atoms with Crippen molar-refractivity contribution in [3.8, 4) is 0 Å². The first-order valence-corrected chi connectivity index (χ1v) is 4.86. The van der Waals surface area contributed by atoms with E-state index >= 15 is 0 Å². The zero-order chi connectivity index (χ0) is 11.4. The van der Waals surface area contributed by atoms with Crippen molar-refractivity contribution in [2.24, 2.45) is 5.92 Å². The van der Waals surface area contributed by atoms with Gasteiger partial charge in [0, 0.05) is 20.3 Å². The molecular formula is C11H16N2O2. The molecule has 1 heterocycles. The highest BCUT2D eigenvalue weighted by atomic mass is 16.4. The van der Waals surface area contributed by atoms with Crippen LogP contribution in [-0.4, -0.2) is 30.2 Å². The van der Waals surface area contributed by atoms with Gasteiger partial charge < -0.3 is 10.0 Å².